The Morgan fingerprint density at radius 1 is 1.50 bits per heavy atom. The third-order valence-corrected chi connectivity index (χ3v) is 3.12. The zero-order valence-corrected chi connectivity index (χ0v) is 9.83. The fourth-order valence-electron chi connectivity index (χ4n) is 1.22. The topological polar surface area (TPSA) is 43.8 Å². The first-order chi connectivity index (χ1) is 6.33. The third-order valence-electron chi connectivity index (χ3n) is 3.12. The zero-order chi connectivity index (χ0) is 10.9. The molecule has 0 saturated carbocycles. The molecule has 1 heterocycles. The van der Waals surface area contributed by atoms with E-state index in [1.54, 1.807) is 0 Å². The van der Waals surface area contributed by atoms with Crippen molar-refractivity contribution in [2.45, 2.75) is 41.2 Å². The first kappa shape index (κ1) is 11.1. The van der Waals surface area contributed by atoms with Crippen LogP contribution >= 0.6 is 0 Å². The molecule has 0 saturated heterocycles. The maximum atomic E-state index is 5.70. The Balaban J connectivity index is 2.78. The summed E-state index contributed by atoms with van der Waals surface area (Å²) < 4.78 is 1.95. The molecule has 2 N–H and O–H groups in total. The van der Waals surface area contributed by atoms with Gasteiger partial charge in [0, 0.05) is 18.3 Å². The van der Waals surface area contributed by atoms with E-state index >= 15 is 0 Å². The van der Waals surface area contributed by atoms with Crippen LogP contribution in [0.25, 0.3) is 0 Å². The van der Waals surface area contributed by atoms with Gasteiger partial charge in [-0.1, -0.05) is 27.7 Å². The number of aryl methyl sites for hydroxylation is 1. The molecule has 1 rings (SSSR count). The van der Waals surface area contributed by atoms with Crippen molar-refractivity contribution < 1.29 is 0 Å². The molecule has 0 aliphatic carbocycles. The Kier molecular flexibility index (Phi) is 2.88. The van der Waals surface area contributed by atoms with Gasteiger partial charge in [-0.15, -0.1) is 0 Å². The van der Waals surface area contributed by atoms with Gasteiger partial charge in [-0.25, -0.2) is 0 Å². The lowest BCUT2D eigenvalue weighted by atomic mass is 9.81. The van der Waals surface area contributed by atoms with E-state index < -0.39 is 0 Å². The largest absolute Gasteiger partial charge is 0.382 e. The van der Waals surface area contributed by atoms with E-state index in [9.17, 15) is 0 Å². The van der Waals surface area contributed by atoms with Crippen LogP contribution in [-0.4, -0.2) is 9.78 Å². The number of anilines is 1. The highest BCUT2D eigenvalue weighted by Crippen LogP contribution is 2.28. The molecule has 1 aromatic rings. The summed E-state index contributed by atoms with van der Waals surface area (Å²) in [6.45, 7) is 11.9. The normalized spacial score (nSPS) is 12.4. The summed E-state index contributed by atoms with van der Waals surface area (Å²) >= 11 is 0. The van der Waals surface area contributed by atoms with Crippen LogP contribution in [0.15, 0.2) is 6.20 Å². The molecule has 80 valence electrons. The van der Waals surface area contributed by atoms with Gasteiger partial charge in [-0.3, -0.25) is 4.68 Å². The van der Waals surface area contributed by atoms with Crippen molar-refractivity contribution in [3.8, 4) is 0 Å². The molecule has 3 heteroatoms. The number of nitrogens with zero attached hydrogens (tertiary/aromatic N) is 2. The molecule has 14 heavy (non-hydrogen) atoms. The SMILES string of the molecule is Cc1cn(CC(C)(C)C(C)C)nc1N. The van der Waals surface area contributed by atoms with E-state index in [0.717, 1.165) is 12.1 Å². The molecule has 3 nitrogen and oxygen atoms in total. The van der Waals surface area contributed by atoms with Crippen LogP contribution in [0.5, 0.6) is 0 Å². The second-order valence-electron chi connectivity index (χ2n) is 5.04. The molecule has 0 fully saturated rings. The lowest BCUT2D eigenvalue weighted by Crippen LogP contribution is -2.25. The maximum absolute atomic E-state index is 5.70. The van der Waals surface area contributed by atoms with Crippen molar-refractivity contribution in [2.24, 2.45) is 11.3 Å². The van der Waals surface area contributed by atoms with Gasteiger partial charge in [-0.2, -0.15) is 5.10 Å². The molecular weight excluding hydrogens is 174 g/mol. The number of nitrogen functional groups attached to an aromatic ring is 1. The predicted molar refractivity (Wildman–Crippen MR) is 60.0 cm³/mol. The number of rotatable bonds is 3. The van der Waals surface area contributed by atoms with Gasteiger partial charge in [-0.05, 0) is 18.3 Å². The predicted octanol–water partition coefficient (Wildman–Crippen LogP) is 2.46. The summed E-state index contributed by atoms with van der Waals surface area (Å²) in [5.41, 5.74) is 7.02. The minimum Gasteiger partial charge on any atom is -0.382 e. The van der Waals surface area contributed by atoms with Crippen LogP contribution < -0.4 is 5.73 Å². The summed E-state index contributed by atoms with van der Waals surface area (Å²) in [6, 6.07) is 0. The van der Waals surface area contributed by atoms with Crippen LogP contribution in [0.4, 0.5) is 5.82 Å². The molecule has 0 radical (unpaired) electrons. The maximum Gasteiger partial charge on any atom is 0.148 e. The van der Waals surface area contributed by atoms with E-state index in [4.69, 9.17) is 5.73 Å². The molecule has 1 aromatic heterocycles. The van der Waals surface area contributed by atoms with Gasteiger partial charge in [0.2, 0.25) is 0 Å². The Hall–Kier alpha value is -0.990. The molecule has 0 amide bonds. The van der Waals surface area contributed by atoms with Crippen LogP contribution in [0.1, 0.15) is 33.3 Å². The minimum absolute atomic E-state index is 0.255. The molecule has 0 aliphatic rings. The van der Waals surface area contributed by atoms with Crippen molar-refractivity contribution in [1.82, 2.24) is 9.78 Å². The standard InChI is InChI=1S/C11H21N3/c1-8(2)11(4,5)7-14-6-9(3)10(12)13-14/h6,8H,7H2,1-5H3,(H2,12,13). The second kappa shape index (κ2) is 3.64. The third kappa shape index (κ3) is 2.28. The molecule has 0 aliphatic heterocycles. The number of nitrogens with two attached hydrogens (primary N) is 1. The summed E-state index contributed by atoms with van der Waals surface area (Å²) in [5, 5.41) is 4.27. The lowest BCUT2D eigenvalue weighted by Gasteiger charge is -2.28. The van der Waals surface area contributed by atoms with E-state index in [-0.39, 0.29) is 5.41 Å². The van der Waals surface area contributed by atoms with Gasteiger partial charge in [0.05, 0.1) is 0 Å². The van der Waals surface area contributed by atoms with Crippen LogP contribution in [0.3, 0.4) is 0 Å². The molecule has 0 atom stereocenters. The Morgan fingerprint density at radius 3 is 2.43 bits per heavy atom. The lowest BCUT2D eigenvalue weighted by molar-refractivity contribution is 0.201. The quantitative estimate of drug-likeness (QED) is 0.805. The average molecular weight is 195 g/mol. The van der Waals surface area contributed by atoms with Gasteiger partial charge in [0.15, 0.2) is 0 Å². The van der Waals surface area contributed by atoms with Crippen LogP contribution in [0.2, 0.25) is 0 Å². The number of aromatic nitrogens is 2. The summed E-state index contributed by atoms with van der Waals surface area (Å²) in [5.74, 6) is 1.28. The van der Waals surface area contributed by atoms with Gasteiger partial charge in [0.1, 0.15) is 5.82 Å². The molecular formula is C11H21N3. The zero-order valence-electron chi connectivity index (χ0n) is 9.83. The highest BCUT2D eigenvalue weighted by atomic mass is 15.3. The monoisotopic (exact) mass is 195 g/mol. The second-order valence-corrected chi connectivity index (χ2v) is 5.04. The average Bonchev–Trinajstić information content (AvgIpc) is 2.29. The summed E-state index contributed by atoms with van der Waals surface area (Å²) in [4.78, 5) is 0. The fraction of sp³-hybridized carbons (Fsp3) is 0.727. The summed E-state index contributed by atoms with van der Waals surface area (Å²) in [6.07, 6.45) is 2.01. The fourth-order valence-corrected chi connectivity index (χ4v) is 1.22. The molecule has 0 bridgehead atoms. The van der Waals surface area contributed by atoms with E-state index in [0.29, 0.717) is 11.7 Å². The van der Waals surface area contributed by atoms with Crippen molar-refractivity contribution in [3.05, 3.63) is 11.8 Å². The molecule has 0 spiro atoms. The summed E-state index contributed by atoms with van der Waals surface area (Å²) in [7, 11) is 0. The Morgan fingerprint density at radius 2 is 2.07 bits per heavy atom. The smallest absolute Gasteiger partial charge is 0.148 e. The van der Waals surface area contributed by atoms with Crippen LogP contribution in [-0.2, 0) is 6.54 Å². The van der Waals surface area contributed by atoms with Crippen molar-refractivity contribution in [3.63, 3.8) is 0 Å². The van der Waals surface area contributed by atoms with Gasteiger partial charge < -0.3 is 5.73 Å². The van der Waals surface area contributed by atoms with E-state index in [1.165, 1.54) is 0 Å². The highest BCUT2D eigenvalue weighted by molar-refractivity contribution is 5.35. The first-order valence-electron chi connectivity index (χ1n) is 5.12. The highest BCUT2D eigenvalue weighted by Gasteiger charge is 2.23. The van der Waals surface area contributed by atoms with Gasteiger partial charge >= 0.3 is 0 Å². The molecule has 0 aromatic carbocycles. The minimum atomic E-state index is 0.255. The van der Waals surface area contributed by atoms with Crippen molar-refractivity contribution in [2.75, 3.05) is 5.73 Å². The van der Waals surface area contributed by atoms with Crippen LogP contribution in [0, 0.1) is 18.3 Å². The number of hydrogen-bond donors (Lipinski definition) is 1. The van der Waals surface area contributed by atoms with E-state index in [1.807, 2.05) is 17.8 Å². The van der Waals surface area contributed by atoms with Crippen molar-refractivity contribution in [1.29, 1.82) is 0 Å². The van der Waals surface area contributed by atoms with Crippen molar-refractivity contribution >= 4 is 5.82 Å². The Bertz CT molecular complexity index is 291. The molecule has 0 unspecified atom stereocenters. The van der Waals surface area contributed by atoms with Gasteiger partial charge in [0.25, 0.3) is 0 Å². The Labute approximate surface area is 86.3 Å². The first-order valence-corrected chi connectivity index (χ1v) is 5.12. The number of hydrogen-bond acceptors (Lipinski definition) is 2. The van der Waals surface area contributed by atoms with E-state index in [2.05, 4.69) is 32.8 Å².